The van der Waals surface area contributed by atoms with Crippen LogP contribution in [-0.4, -0.2) is 17.6 Å². The van der Waals surface area contributed by atoms with Gasteiger partial charge in [-0.1, -0.05) is 17.3 Å². The number of para-hydroxylation sites is 1. The quantitative estimate of drug-likeness (QED) is 0.386. The Hall–Kier alpha value is -2.01. The van der Waals surface area contributed by atoms with Crippen LogP contribution < -0.4 is 10.6 Å². The molecule has 0 spiro atoms. The second kappa shape index (κ2) is 5.17. The molecule has 20 heavy (non-hydrogen) atoms. The number of thiophene rings is 1. The predicted molar refractivity (Wildman–Crippen MR) is 82.7 cm³/mol. The lowest BCUT2D eigenvalue weighted by Gasteiger charge is -2.36. The summed E-state index contributed by atoms with van der Waals surface area (Å²) in [6, 6.07) is 10.3. The zero-order valence-electron chi connectivity index (χ0n) is 11.3. The highest BCUT2D eigenvalue weighted by Gasteiger charge is 2.26. The zero-order chi connectivity index (χ0) is 14.1. The molecule has 104 valence electrons. The lowest BCUT2D eigenvalue weighted by Crippen LogP contribution is -2.34. The van der Waals surface area contributed by atoms with Crippen LogP contribution >= 0.6 is 11.3 Å². The maximum absolute atomic E-state index is 8.95. The largest absolute Gasteiger partial charge is 0.409 e. The summed E-state index contributed by atoms with van der Waals surface area (Å²) in [6.07, 6.45) is 1.04. The molecule has 3 rings (SSSR count). The first-order valence-electron chi connectivity index (χ1n) is 6.62. The van der Waals surface area contributed by atoms with Crippen LogP contribution in [0.3, 0.4) is 0 Å². The van der Waals surface area contributed by atoms with E-state index in [2.05, 4.69) is 28.4 Å². The number of nitrogens with two attached hydrogens (primary N) is 1. The number of hydrogen-bond donors (Lipinski definition) is 2. The number of fused-ring (bicyclic) bond motifs is 1. The van der Waals surface area contributed by atoms with Crippen molar-refractivity contribution < 1.29 is 5.21 Å². The number of nitrogens with zero attached hydrogens (tertiary/aromatic N) is 2. The van der Waals surface area contributed by atoms with Crippen LogP contribution in [0, 0.1) is 0 Å². The number of rotatable bonds is 2. The zero-order valence-corrected chi connectivity index (χ0v) is 12.1. The first-order chi connectivity index (χ1) is 9.72. The van der Waals surface area contributed by atoms with E-state index in [0.717, 1.165) is 24.2 Å². The van der Waals surface area contributed by atoms with Gasteiger partial charge in [0.15, 0.2) is 5.84 Å². The molecule has 2 aromatic rings. The molecular formula is C15H17N3OS. The maximum atomic E-state index is 8.95. The minimum absolute atomic E-state index is 0.156. The normalized spacial score (nSPS) is 18.9. The van der Waals surface area contributed by atoms with Crippen LogP contribution in [0.2, 0.25) is 0 Å². The Labute approximate surface area is 122 Å². The molecule has 1 aliphatic rings. The minimum atomic E-state index is 0.156. The van der Waals surface area contributed by atoms with E-state index >= 15 is 0 Å². The summed E-state index contributed by atoms with van der Waals surface area (Å²) in [7, 11) is 0. The SMILES string of the molecule is CC1c2ccsc2CCN1c1ccccc1C(N)=NO. The summed E-state index contributed by atoms with van der Waals surface area (Å²) in [5.41, 5.74) is 8.98. The lowest BCUT2D eigenvalue weighted by atomic mass is 9.99. The Balaban J connectivity index is 2.03. The molecular weight excluding hydrogens is 270 g/mol. The molecule has 0 saturated carbocycles. The molecule has 0 saturated heterocycles. The Kier molecular flexibility index (Phi) is 3.36. The fraction of sp³-hybridized carbons (Fsp3) is 0.267. The molecule has 1 unspecified atom stereocenters. The van der Waals surface area contributed by atoms with Gasteiger partial charge in [-0.3, -0.25) is 0 Å². The predicted octanol–water partition coefficient (Wildman–Crippen LogP) is 2.97. The van der Waals surface area contributed by atoms with Gasteiger partial charge in [0, 0.05) is 22.7 Å². The highest BCUT2D eigenvalue weighted by molar-refractivity contribution is 7.10. The van der Waals surface area contributed by atoms with Gasteiger partial charge in [-0.2, -0.15) is 0 Å². The van der Waals surface area contributed by atoms with E-state index in [1.54, 1.807) is 0 Å². The van der Waals surface area contributed by atoms with Crippen molar-refractivity contribution >= 4 is 22.9 Å². The number of oxime groups is 1. The summed E-state index contributed by atoms with van der Waals surface area (Å²) in [5, 5.41) is 14.2. The average Bonchev–Trinajstić information content (AvgIpc) is 2.96. The van der Waals surface area contributed by atoms with E-state index in [0.29, 0.717) is 6.04 Å². The number of benzene rings is 1. The fourth-order valence-corrected chi connectivity index (χ4v) is 3.80. The van der Waals surface area contributed by atoms with Gasteiger partial charge < -0.3 is 15.8 Å². The Morgan fingerprint density at radius 1 is 1.40 bits per heavy atom. The van der Waals surface area contributed by atoms with Crippen LogP contribution in [0.4, 0.5) is 5.69 Å². The van der Waals surface area contributed by atoms with Crippen molar-refractivity contribution in [1.82, 2.24) is 0 Å². The number of amidine groups is 1. The van der Waals surface area contributed by atoms with E-state index in [1.165, 1.54) is 10.4 Å². The third kappa shape index (κ3) is 2.04. The van der Waals surface area contributed by atoms with E-state index in [9.17, 15) is 0 Å². The van der Waals surface area contributed by atoms with Crippen molar-refractivity contribution in [3.8, 4) is 0 Å². The monoisotopic (exact) mass is 287 g/mol. The first-order valence-corrected chi connectivity index (χ1v) is 7.50. The molecule has 4 nitrogen and oxygen atoms in total. The van der Waals surface area contributed by atoms with Gasteiger partial charge in [-0.25, -0.2) is 0 Å². The van der Waals surface area contributed by atoms with E-state index in [4.69, 9.17) is 10.9 Å². The van der Waals surface area contributed by atoms with Gasteiger partial charge in [0.25, 0.3) is 0 Å². The van der Waals surface area contributed by atoms with Crippen LogP contribution in [-0.2, 0) is 6.42 Å². The molecule has 3 N–H and O–H groups in total. The van der Waals surface area contributed by atoms with Crippen molar-refractivity contribution in [3.05, 3.63) is 51.7 Å². The first kappa shape index (κ1) is 13.0. The maximum Gasteiger partial charge on any atom is 0.172 e. The third-order valence-electron chi connectivity index (χ3n) is 3.87. The van der Waals surface area contributed by atoms with E-state index in [1.807, 2.05) is 35.6 Å². The standard InChI is InChI=1S/C15H17N3OS/c1-10-11-7-9-20-14(11)6-8-18(10)13-5-3-2-4-12(13)15(16)17-19/h2-5,7,9-10,19H,6,8H2,1H3,(H2,16,17). The summed E-state index contributed by atoms with van der Waals surface area (Å²) in [4.78, 5) is 3.79. The molecule has 1 atom stereocenters. The molecule has 0 fully saturated rings. The smallest absolute Gasteiger partial charge is 0.172 e. The van der Waals surface area contributed by atoms with Gasteiger partial charge in [-0.15, -0.1) is 11.3 Å². The minimum Gasteiger partial charge on any atom is -0.409 e. The topological polar surface area (TPSA) is 61.8 Å². The van der Waals surface area contributed by atoms with Crippen molar-refractivity contribution in [2.75, 3.05) is 11.4 Å². The Morgan fingerprint density at radius 2 is 2.20 bits per heavy atom. The molecule has 1 aromatic carbocycles. The van der Waals surface area contributed by atoms with Crippen LogP contribution in [0.25, 0.3) is 0 Å². The van der Waals surface area contributed by atoms with Crippen molar-refractivity contribution in [2.24, 2.45) is 10.9 Å². The summed E-state index contributed by atoms with van der Waals surface area (Å²) < 4.78 is 0. The average molecular weight is 287 g/mol. The second-order valence-electron chi connectivity index (χ2n) is 4.92. The molecule has 2 heterocycles. The highest BCUT2D eigenvalue weighted by atomic mass is 32.1. The van der Waals surface area contributed by atoms with Gasteiger partial charge in [-0.05, 0) is 42.5 Å². The Morgan fingerprint density at radius 3 is 3.00 bits per heavy atom. The fourth-order valence-electron chi connectivity index (χ4n) is 2.83. The second-order valence-corrected chi connectivity index (χ2v) is 5.92. The molecule has 0 amide bonds. The number of anilines is 1. The van der Waals surface area contributed by atoms with Gasteiger partial charge in [0.2, 0.25) is 0 Å². The highest BCUT2D eigenvalue weighted by Crippen LogP contribution is 2.37. The molecule has 1 aromatic heterocycles. The Bertz CT molecular complexity index is 650. The van der Waals surface area contributed by atoms with E-state index in [-0.39, 0.29) is 5.84 Å². The van der Waals surface area contributed by atoms with Gasteiger partial charge in [0.1, 0.15) is 0 Å². The molecule has 5 heteroatoms. The molecule has 0 radical (unpaired) electrons. The van der Waals surface area contributed by atoms with Crippen LogP contribution in [0.1, 0.15) is 29.0 Å². The van der Waals surface area contributed by atoms with Crippen molar-refractivity contribution in [2.45, 2.75) is 19.4 Å². The van der Waals surface area contributed by atoms with Gasteiger partial charge in [0.05, 0.1) is 6.04 Å². The molecule has 0 bridgehead atoms. The van der Waals surface area contributed by atoms with Crippen LogP contribution in [0.5, 0.6) is 0 Å². The van der Waals surface area contributed by atoms with Gasteiger partial charge >= 0.3 is 0 Å². The molecule has 0 aliphatic carbocycles. The van der Waals surface area contributed by atoms with Crippen molar-refractivity contribution in [1.29, 1.82) is 0 Å². The third-order valence-corrected chi connectivity index (χ3v) is 4.87. The summed E-state index contributed by atoms with van der Waals surface area (Å²) in [6.45, 7) is 3.15. The molecule has 1 aliphatic heterocycles. The lowest BCUT2D eigenvalue weighted by molar-refractivity contribution is 0.318. The van der Waals surface area contributed by atoms with Crippen LogP contribution in [0.15, 0.2) is 40.9 Å². The number of hydrogen-bond acceptors (Lipinski definition) is 4. The van der Waals surface area contributed by atoms with Crippen molar-refractivity contribution in [3.63, 3.8) is 0 Å². The summed E-state index contributed by atoms with van der Waals surface area (Å²) >= 11 is 1.83. The van der Waals surface area contributed by atoms with E-state index < -0.39 is 0 Å². The summed E-state index contributed by atoms with van der Waals surface area (Å²) in [5.74, 6) is 0.156.